The highest BCUT2D eigenvalue weighted by Crippen LogP contribution is 2.16. The van der Waals surface area contributed by atoms with E-state index in [9.17, 15) is 0 Å². The zero-order valence-corrected chi connectivity index (χ0v) is 5.34. The van der Waals surface area contributed by atoms with Gasteiger partial charge >= 0.3 is 0 Å². The summed E-state index contributed by atoms with van der Waals surface area (Å²) >= 11 is 0. The van der Waals surface area contributed by atoms with Crippen molar-refractivity contribution in [3.63, 3.8) is 0 Å². The van der Waals surface area contributed by atoms with Gasteiger partial charge in [0.1, 0.15) is 12.2 Å². The Morgan fingerprint density at radius 1 is 1.40 bits per heavy atom. The molecule has 0 aromatic carbocycles. The maximum absolute atomic E-state index is 9.06. The van der Waals surface area contributed by atoms with Crippen molar-refractivity contribution in [1.29, 1.82) is 0 Å². The van der Waals surface area contributed by atoms with E-state index >= 15 is 0 Å². The molecular formula is C5H11NO4. The van der Waals surface area contributed by atoms with Crippen molar-refractivity contribution in [1.82, 2.24) is 0 Å². The fourth-order valence-electron chi connectivity index (χ4n) is 0.918. The highest BCUT2D eigenvalue weighted by molar-refractivity contribution is 4.88. The van der Waals surface area contributed by atoms with E-state index in [-0.39, 0.29) is 6.61 Å². The van der Waals surface area contributed by atoms with Gasteiger partial charge in [0.2, 0.25) is 0 Å². The van der Waals surface area contributed by atoms with Crippen molar-refractivity contribution in [3.05, 3.63) is 0 Å². The number of nitrogens with two attached hydrogens (primary N) is 1. The van der Waals surface area contributed by atoms with E-state index in [0.29, 0.717) is 0 Å². The molecule has 0 radical (unpaired) electrons. The summed E-state index contributed by atoms with van der Waals surface area (Å²) in [5.41, 5.74) is 5.25. The van der Waals surface area contributed by atoms with Gasteiger partial charge in [0.25, 0.3) is 0 Å². The van der Waals surface area contributed by atoms with Crippen LogP contribution in [-0.4, -0.2) is 46.5 Å². The van der Waals surface area contributed by atoms with Crippen LogP contribution < -0.4 is 5.73 Å². The van der Waals surface area contributed by atoms with Crippen LogP contribution in [0.1, 0.15) is 0 Å². The maximum atomic E-state index is 9.06. The van der Waals surface area contributed by atoms with E-state index in [2.05, 4.69) is 4.74 Å². The Hall–Kier alpha value is -0.200. The molecule has 1 fully saturated rings. The number of rotatable bonds is 1. The first-order valence-corrected chi connectivity index (χ1v) is 3.05. The van der Waals surface area contributed by atoms with Gasteiger partial charge in [0.05, 0.1) is 12.6 Å². The molecule has 60 valence electrons. The van der Waals surface area contributed by atoms with E-state index in [1.54, 1.807) is 0 Å². The molecule has 0 spiro atoms. The topological polar surface area (TPSA) is 95.9 Å². The van der Waals surface area contributed by atoms with Crippen molar-refractivity contribution in [2.75, 3.05) is 6.61 Å². The third kappa shape index (κ3) is 1.14. The second-order valence-electron chi connectivity index (χ2n) is 2.32. The van der Waals surface area contributed by atoms with Crippen LogP contribution >= 0.6 is 0 Å². The molecule has 1 rings (SSSR count). The molecule has 0 aromatic heterocycles. The largest absolute Gasteiger partial charge is 0.394 e. The van der Waals surface area contributed by atoms with Crippen LogP contribution in [0.5, 0.6) is 0 Å². The van der Waals surface area contributed by atoms with E-state index in [1.165, 1.54) is 0 Å². The molecular weight excluding hydrogens is 138 g/mol. The van der Waals surface area contributed by atoms with E-state index < -0.39 is 24.5 Å². The molecule has 1 aliphatic rings. The quantitative estimate of drug-likeness (QED) is 0.327. The second kappa shape index (κ2) is 2.81. The summed E-state index contributed by atoms with van der Waals surface area (Å²) in [7, 11) is 0. The predicted molar refractivity (Wildman–Crippen MR) is 31.9 cm³/mol. The van der Waals surface area contributed by atoms with Crippen LogP contribution in [0.15, 0.2) is 0 Å². The van der Waals surface area contributed by atoms with Gasteiger partial charge in [0.15, 0.2) is 6.29 Å². The minimum Gasteiger partial charge on any atom is -0.394 e. The summed E-state index contributed by atoms with van der Waals surface area (Å²) in [6, 6.07) is -0.808. The molecule has 0 amide bonds. The van der Waals surface area contributed by atoms with Crippen molar-refractivity contribution in [3.8, 4) is 0 Å². The fraction of sp³-hybridized carbons (Fsp3) is 1.00. The molecule has 10 heavy (non-hydrogen) atoms. The van der Waals surface area contributed by atoms with Gasteiger partial charge in [-0.1, -0.05) is 0 Å². The molecule has 1 saturated heterocycles. The maximum Gasteiger partial charge on any atom is 0.172 e. The highest BCUT2D eigenvalue weighted by Gasteiger charge is 2.39. The fourth-order valence-corrected chi connectivity index (χ4v) is 0.918. The number of ether oxygens (including phenoxy) is 1. The lowest BCUT2D eigenvalue weighted by molar-refractivity contribution is -0.110. The molecule has 4 atom stereocenters. The SMILES string of the molecule is NC1[C@@H](O)O[C@H](CO)[C@H]1O. The number of aliphatic hydroxyl groups excluding tert-OH is 3. The third-order valence-electron chi connectivity index (χ3n) is 1.60. The average molecular weight is 149 g/mol. The summed E-state index contributed by atoms with van der Waals surface area (Å²) in [5, 5.41) is 26.4. The first-order chi connectivity index (χ1) is 4.66. The van der Waals surface area contributed by atoms with Crippen LogP contribution in [0.2, 0.25) is 0 Å². The van der Waals surface area contributed by atoms with E-state index in [4.69, 9.17) is 21.1 Å². The summed E-state index contributed by atoms with van der Waals surface area (Å²) in [4.78, 5) is 0. The summed E-state index contributed by atoms with van der Waals surface area (Å²) in [6.45, 7) is -0.327. The third-order valence-corrected chi connectivity index (χ3v) is 1.60. The Kier molecular flexibility index (Phi) is 2.22. The van der Waals surface area contributed by atoms with Gasteiger partial charge < -0.3 is 25.8 Å². The molecule has 0 aliphatic carbocycles. The molecule has 5 nitrogen and oxygen atoms in total. The number of hydrogen-bond donors (Lipinski definition) is 4. The van der Waals surface area contributed by atoms with Gasteiger partial charge in [-0.2, -0.15) is 0 Å². The molecule has 0 bridgehead atoms. The number of aliphatic hydroxyl groups is 3. The van der Waals surface area contributed by atoms with Crippen LogP contribution in [0.25, 0.3) is 0 Å². The standard InChI is InChI=1S/C5H11NO4/c6-3-4(8)2(1-7)10-5(3)9/h2-5,7-9H,1,6H2/t2-,3?,4-,5+/m1/s1. The van der Waals surface area contributed by atoms with Crippen molar-refractivity contribution < 1.29 is 20.1 Å². The van der Waals surface area contributed by atoms with Gasteiger partial charge in [-0.15, -0.1) is 0 Å². The van der Waals surface area contributed by atoms with Gasteiger partial charge in [0, 0.05) is 0 Å². The minimum atomic E-state index is -1.16. The normalized spacial score (nSPS) is 48.0. The second-order valence-corrected chi connectivity index (χ2v) is 2.32. The van der Waals surface area contributed by atoms with E-state index in [0.717, 1.165) is 0 Å². The van der Waals surface area contributed by atoms with Gasteiger partial charge in [-0.05, 0) is 0 Å². The van der Waals surface area contributed by atoms with Gasteiger partial charge in [-0.3, -0.25) is 0 Å². The van der Waals surface area contributed by atoms with Crippen LogP contribution in [0.4, 0.5) is 0 Å². The number of hydrogen-bond acceptors (Lipinski definition) is 5. The molecule has 0 aromatic rings. The van der Waals surface area contributed by atoms with Gasteiger partial charge in [-0.25, -0.2) is 0 Å². The Balaban J connectivity index is 2.53. The molecule has 0 saturated carbocycles. The zero-order valence-electron chi connectivity index (χ0n) is 5.34. The first-order valence-electron chi connectivity index (χ1n) is 3.05. The molecule has 1 heterocycles. The van der Waals surface area contributed by atoms with Crippen molar-refractivity contribution >= 4 is 0 Å². The Morgan fingerprint density at radius 2 is 2.00 bits per heavy atom. The summed E-state index contributed by atoms with van der Waals surface area (Å²) < 4.78 is 4.67. The van der Waals surface area contributed by atoms with Crippen LogP contribution in [0.3, 0.4) is 0 Å². The lowest BCUT2D eigenvalue weighted by Gasteiger charge is -2.10. The van der Waals surface area contributed by atoms with Crippen molar-refractivity contribution in [2.45, 2.75) is 24.5 Å². The predicted octanol–water partition coefficient (Wildman–Crippen LogP) is -2.62. The first kappa shape index (κ1) is 7.90. The van der Waals surface area contributed by atoms with Crippen LogP contribution in [-0.2, 0) is 4.74 Å². The smallest absolute Gasteiger partial charge is 0.172 e. The lowest BCUT2D eigenvalue weighted by Crippen LogP contribution is -2.40. The average Bonchev–Trinajstić information content (AvgIpc) is 2.17. The molecule has 1 unspecified atom stereocenters. The molecule has 5 heteroatoms. The summed E-state index contributed by atoms with van der Waals surface area (Å²) in [6.07, 6.45) is -2.88. The zero-order chi connectivity index (χ0) is 7.72. The molecule has 1 aliphatic heterocycles. The summed E-state index contributed by atoms with van der Waals surface area (Å²) in [5.74, 6) is 0. The Labute approximate surface area is 58.0 Å². The molecule has 5 N–H and O–H groups in total. The van der Waals surface area contributed by atoms with E-state index in [1.807, 2.05) is 0 Å². The highest BCUT2D eigenvalue weighted by atomic mass is 16.6. The monoisotopic (exact) mass is 149 g/mol. The Morgan fingerprint density at radius 3 is 2.20 bits per heavy atom. The van der Waals surface area contributed by atoms with Crippen LogP contribution in [0, 0.1) is 0 Å². The Bertz CT molecular complexity index is 120. The minimum absolute atomic E-state index is 0.327. The lowest BCUT2D eigenvalue weighted by atomic mass is 10.1. The van der Waals surface area contributed by atoms with Crippen molar-refractivity contribution in [2.24, 2.45) is 5.73 Å².